The van der Waals surface area contributed by atoms with Gasteiger partial charge in [-0.1, -0.05) is 41.4 Å². The molecule has 1 N–H and O–H groups in total. The number of halogens is 1. The van der Waals surface area contributed by atoms with Crippen LogP contribution in [0.4, 0.5) is 0 Å². The van der Waals surface area contributed by atoms with Gasteiger partial charge in [0.15, 0.2) is 0 Å². The highest BCUT2D eigenvalue weighted by atomic mass is 35.5. The summed E-state index contributed by atoms with van der Waals surface area (Å²) in [4.78, 5) is 0. The van der Waals surface area contributed by atoms with Crippen molar-refractivity contribution in [1.82, 2.24) is 0 Å². The highest BCUT2D eigenvalue weighted by Gasteiger charge is 2.14. The lowest BCUT2D eigenvalue weighted by atomic mass is 10.00. The fourth-order valence-corrected chi connectivity index (χ4v) is 2.19. The summed E-state index contributed by atoms with van der Waals surface area (Å²) in [5, 5.41) is 11.0. The molecule has 2 nitrogen and oxygen atoms in total. The van der Waals surface area contributed by atoms with Crippen molar-refractivity contribution >= 4 is 11.6 Å². The van der Waals surface area contributed by atoms with Gasteiger partial charge in [-0.2, -0.15) is 0 Å². The zero-order valence-electron chi connectivity index (χ0n) is 11.1. The molecule has 0 heterocycles. The Balaban J connectivity index is 2.27. The van der Waals surface area contributed by atoms with Crippen molar-refractivity contribution in [3.63, 3.8) is 0 Å². The Kier molecular flexibility index (Phi) is 4.46. The van der Waals surface area contributed by atoms with Gasteiger partial charge in [-0.15, -0.1) is 0 Å². The number of ether oxygens (including phenoxy) is 1. The lowest BCUT2D eigenvalue weighted by Crippen LogP contribution is -2.01. The van der Waals surface area contributed by atoms with E-state index in [0.29, 0.717) is 11.6 Å². The average Bonchev–Trinajstić information content (AvgIpc) is 2.42. The number of hydrogen-bond donors (Lipinski definition) is 1. The number of hydrogen-bond acceptors (Lipinski definition) is 2. The summed E-state index contributed by atoms with van der Waals surface area (Å²) in [7, 11) is 0. The van der Waals surface area contributed by atoms with Gasteiger partial charge in [0.1, 0.15) is 11.9 Å². The lowest BCUT2D eigenvalue weighted by molar-refractivity contribution is 0.220. The van der Waals surface area contributed by atoms with Crippen LogP contribution in [0.15, 0.2) is 42.5 Å². The van der Waals surface area contributed by atoms with Crippen LogP contribution in [-0.4, -0.2) is 11.7 Å². The maximum absolute atomic E-state index is 10.4. The molecule has 0 fully saturated rings. The second-order valence-corrected chi connectivity index (χ2v) is 4.84. The molecule has 0 amide bonds. The van der Waals surface area contributed by atoms with Crippen LogP contribution in [0.25, 0.3) is 0 Å². The van der Waals surface area contributed by atoms with Gasteiger partial charge in [0.25, 0.3) is 0 Å². The zero-order chi connectivity index (χ0) is 13.8. The van der Waals surface area contributed by atoms with E-state index >= 15 is 0 Å². The van der Waals surface area contributed by atoms with E-state index in [0.717, 1.165) is 22.4 Å². The highest BCUT2D eigenvalue weighted by Crippen LogP contribution is 2.29. The molecule has 0 aromatic heterocycles. The van der Waals surface area contributed by atoms with Crippen molar-refractivity contribution in [2.45, 2.75) is 20.0 Å². The van der Waals surface area contributed by atoms with Crippen LogP contribution in [0.3, 0.4) is 0 Å². The van der Waals surface area contributed by atoms with Crippen molar-refractivity contribution in [3.8, 4) is 5.75 Å². The second kappa shape index (κ2) is 6.09. The molecule has 19 heavy (non-hydrogen) atoms. The smallest absolute Gasteiger partial charge is 0.119 e. The summed E-state index contributed by atoms with van der Waals surface area (Å²) in [6.07, 6.45) is -0.719. The molecule has 3 heteroatoms. The van der Waals surface area contributed by atoms with E-state index in [4.69, 9.17) is 16.3 Å². The predicted octanol–water partition coefficient (Wildman–Crippen LogP) is 4.13. The van der Waals surface area contributed by atoms with E-state index in [1.165, 1.54) is 0 Å². The molecule has 0 radical (unpaired) electrons. The molecular weight excluding hydrogens is 260 g/mol. The lowest BCUT2D eigenvalue weighted by Gasteiger charge is -2.14. The third kappa shape index (κ3) is 3.28. The maximum atomic E-state index is 10.4. The monoisotopic (exact) mass is 276 g/mol. The van der Waals surface area contributed by atoms with Gasteiger partial charge in [0, 0.05) is 10.6 Å². The van der Waals surface area contributed by atoms with Crippen LogP contribution in [0, 0.1) is 6.92 Å². The molecule has 0 aliphatic carbocycles. The van der Waals surface area contributed by atoms with Crippen LogP contribution in [0.2, 0.25) is 5.02 Å². The van der Waals surface area contributed by atoms with Crippen LogP contribution in [-0.2, 0) is 0 Å². The summed E-state index contributed by atoms with van der Waals surface area (Å²) in [6, 6.07) is 13.1. The molecule has 0 aliphatic rings. The Hall–Kier alpha value is -1.51. The number of benzene rings is 2. The minimum Gasteiger partial charge on any atom is -0.494 e. The Labute approximate surface area is 118 Å². The molecule has 0 aliphatic heterocycles. The molecule has 0 bridgehead atoms. The first-order valence-corrected chi connectivity index (χ1v) is 6.66. The quantitative estimate of drug-likeness (QED) is 0.910. The van der Waals surface area contributed by atoms with Gasteiger partial charge in [-0.3, -0.25) is 0 Å². The van der Waals surface area contributed by atoms with Crippen LogP contribution >= 0.6 is 11.6 Å². The standard InChI is InChI=1S/C16H17ClO2/c1-3-19-13-7-5-12(6-8-13)16(18)14-10-11(2)4-9-15(14)17/h4-10,16,18H,3H2,1-2H3. The van der Waals surface area contributed by atoms with Crippen molar-refractivity contribution in [2.24, 2.45) is 0 Å². The third-order valence-corrected chi connectivity index (χ3v) is 3.30. The van der Waals surface area contributed by atoms with Crippen LogP contribution < -0.4 is 4.74 Å². The summed E-state index contributed by atoms with van der Waals surface area (Å²) < 4.78 is 5.38. The summed E-state index contributed by atoms with van der Waals surface area (Å²) >= 11 is 6.14. The molecular formula is C16H17ClO2. The molecule has 100 valence electrons. The first kappa shape index (κ1) is 13.9. The molecule has 2 rings (SSSR count). The maximum Gasteiger partial charge on any atom is 0.119 e. The topological polar surface area (TPSA) is 29.5 Å². The summed E-state index contributed by atoms with van der Waals surface area (Å²) in [5.74, 6) is 0.800. The summed E-state index contributed by atoms with van der Waals surface area (Å²) in [5.41, 5.74) is 2.60. The fourth-order valence-electron chi connectivity index (χ4n) is 1.97. The molecule has 0 spiro atoms. The Morgan fingerprint density at radius 2 is 1.84 bits per heavy atom. The minimum absolute atomic E-state index is 0.576. The number of aliphatic hydroxyl groups excluding tert-OH is 1. The largest absolute Gasteiger partial charge is 0.494 e. The van der Waals surface area contributed by atoms with E-state index < -0.39 is 6.10 Å². The highest BCUT2D eigenvalue weighted by molar-refractivity contribution is 6.31. The average molecular weight is 277 g/mol. The SMILES string of the molecule is CCOc1ccc(C(O)c2cc(C)ccc2Cl)cc1. The number of rotatable bonds is 4. The van der Waals surface area contributed by atoms with E-state index in [-0.39, 0.29) is 0 Å². The van der Waals surface area contributed by atoms with Crippen LogP contribution in [0.5, 0.6) is 5.75 Å². The second-order valence-electron chi connectivity index (χ2n) is 4.43. The molecule has 0 saturated carbocycles. The van der Waals surface area contributed by atoms with Crippen LogP contribution in [0.1, 0.15) is 29.7 Å². The van der Waals surface area contributed by atoms with Gasteiger partial charge in [-0.05, 0) is 37.6 Å². The first-order chi connectivity index (χ1) is 9.11. The van der Waals surface area contributed by atoms with Gasteiger partial charge in [-0.25, -0.2) is 0 Å². The Morgan fingerprint density at radius 1 is 1.16 bits per heavy atom. The van der Waals surface area contributed by atoms with Gasteiger partial charge in [0.2, 0.25) is 0 Å². The van der Waals surface area contributed by atoms with Gasteiger partial charge >= 0.3 is 0 Å². The molecule has 1 unspecified atom stereocenters. The van der Waals surface area contributed by atoms with Crippen molar-refractivity contribution in [1.29, 1.82) is 0 Å². The molecule has 2 aromatic rings. The summed E-state index contributed by atoms with van der Waals surface area (Å²) in [6.45, 7) is 4.55. The Bertz CT molecular complexity index is 549. The van der Waals surface area contributed by atoms with E-state index in [2.05, 4.69) is 0 Å². The molecule has 0 saturated heterocycles. The minimum atomic E-state index is -0.719. The Morgan fingerprint density at radius 3 is 2.47 bits per heavy atom. The molecule has 2 aromatic carbocycles. The predicted molar refractivity (Wildman–Crippen MR) is 77.9 cm³/mol. The number of aryl methyl sites for hydroxylation is 1. The first-order valence-electron chi connectivity index (χ1n) is 6.28. The van der Waals surface area contributed by atoms with E-state index in [1.54, 1.807) is 0 Å². The van der Waals surface area contributed by atoms with Gasteiger partial charge < -0.3 is 9.84 Å². The number of aliphatic hydroxyl groups is 1. The van der Waals surface area contributed by atoms with E-state index in [9.17, 15) is 5.11 Å². The fraction of sp³-hybridized carbons (Fsp3) is 0.250. The van der Waals surface area contributed by atoms with E-state index in [1.807, 2.05) is 56.3 Å². The normalized spacial score (nSPS) is 12.2. The van der Waals surface area contributed by atoms with Crippen molar-refractivity contribution < 1.29 is 9.84 Å². The van der Waals surface area contributed by atoms with Gasteiger partial charge in [0.05, 0.1) is 6.61 Å². The zero-order valence-corrected chi connectivity index (χ0v) is 11.8. The third-order valence-electron chi connectivity index (χ3n) is 2.95. The van der Waals surface area contributed by atoms with Crippen molar-refractivity contribution in [2.75, 3.05) is 6.61 Å². The van der Waals surface area contributed by atoms with Crippen molar-refractivity contribution in [3.05, 3.63) is 64.2 Å². The molecule has 1 atom stereocenters.